The van der Waals surface area contributed by atoms with Crippen LogP contribution in [0.15, 0.2) is 53.5 Å². The Morgan fingerprint density at radius 3 is 2.55 bits per heavy atom. The molecule has 4 rings (SSSR count). The quantitative estimate of drug-likeness (QED) is 0.488. The predicted octanol–water partition coefficient (Wildman–Crippen LogP) is 1.78. The van der Waals surface area contributed by atoms with Crippen molar-refractivity contribution in [3.05, 3.63) is 54.4 Å². The molecule has 0 saturated heterocycles. The Morgan fingerprint density at radius 2 is 1.84 bits per heavy atom. The number of aromatic nitrogens is 2. The van der Waals surface area contributed by atoms with Crippen LogP contribution in [-0.2, 0) is 15.1 Å². The Bertz CT molecular complexity index is 1170. The van der Waals surface area contributed by atoms with Crippen LogP contribution in [0.25, 0.3) is 11.0 Å². The average Bonchev–Trinajstić information content (AvgIpc) is 3.33. The number of amides is 2. The lowest BCUT2D eigenvalue weighted by Crippen LogP contribution is -2.58. The first-order chi connectivity index (χ1) is 14.7. The van der Waals surface area contributed by atoms with Gasteiger partial charge in [-0.25, -0.2) is 4.98 Å². The number of hydrogen-bond acceptors (Lipinski definition) is 6. The highest BCUT2D eigenvalue weighted by Crippen LogP contribution is 2.32. The number of nitrogens with two attached hydrogens (primary N) is 1. The first-order valence-electron chi connectivity index (χ1n) is 8.92. The summed E-state index contributed by atoms with van der Waals surface area (Å²) in [5.41, 5.74) is 4.23. The van der Waals surface area contributed by atoms with E-state index in [9.17, 15) is 22.8 Å². The van der Waals surface area contributed by atoms with Gasteiger partial charge < -0.3 is 20.8 Å². The van der Waals surface area contributed by atoms with Gasteiger partial charge in [0.05, 0.1) is 23.4 Å². The summed E-state index contributed by atoms with van der Waals surface area (Å²) in [7, 11) is 0. The lowest BCUT2D eigenvalue weighted by Gasteiger charge is -2.25. The van der Waals surface area contributed by atoms with E-state index in [0.717, 1.165) is 6.07 Å². The van der Waals surface area contributed by atoms with Gasteiger partial charge in [-0.1, -0.05) is 24.3 Å². The van der Waals surface area contributed by atoms with E-state index in [4.69, 9.17) is 5.73 Å². The number of imidazole rings is 1. The summed E-state index contributed by atoms with van der Waals surface area (Å²) < 4.78 is 41.9. The number of nitrogens with zero attached hydrogens (tertiary/aromatic N) is 2. The molecule has 1 unspecified atom stereocenters. The fourth-order valence-electron chi connectivity index (χ4n) is 3.29. The van der Waals surface area contributed by atoms with Crippen LogP contribution in [-0.4, -0.2) is 40.5 Å². The number of benzene rings is 2. The highest BCUT2D eigenvalue weighted by molar-refractivity contribution is 6.50. The molecule has 31 heavy (non-hydrogen) atoms. The Hall–Kier alpha value is -3.93. The summed E-state index contributed by atoms with van der Waals surface area (Å²) >= 11 is 0. The topological polar surface area (TPSA) is 134 Å². The van der Waals surface area contributed by atoms with Crippen molar-refractivity contribution in [1.82, 2.24) is 15.3 Å². The minimum Gasteiger partial charge on any atom is -0.404 e. The molecule has 0 bridgehead atoms. The fraction of sp³-hybridized carbons (Fsp3) is 0.158. The molecule has 0 saturated carbocycles. The minimum atomic E-state index is -4.96. The van der Waals surface area contributed by atoms with E-state index in [1.165, 1.54) is 18.2 Å². The van der Waals surface area contributed by atoms with E-state index in [1.54, 1.807) is 24.3 Å². The summed E-state index contributed by atoms with van der Waals surface area (Å²) in [6.45, 7) is -0.135. The highest BCUT2D eigenvalue weighted by Gasteiger charge is 2.52. The number of carbonyl (C=O) groups excluding carboxylic acids is 2. The molecule has 1 aliphatic rings. The molecule has 1 atom stereocenters. The third kappa shape index (κ3) is 3.68. The first-order valence-corrected chi connectivity index (χ1v) is 8.92. The standard InChI is InChI=1S/C19H15F3N6O3/c20-19(21,22)31-13-8-4-3-7-12(13)26-15(29)14-18(16(23)30,25-9-24-14)17-27-10-5-1-2-6-11(10)28-17/h1-8,25H,9H2,(H2,23,30)(H,26,29)(H,27,28). The van der Waals surface area contributed by atoms with E-state index in [0.29, 0.717) is 11.0 Å². The van der Waals surface area contributed by atoms with Gasteiger partial charge in [-0.2, -0.15) is 0 Å². The number of nitrogens with one attached hydrogen (secondary N) is 3. The maximum atomic E-state index is 13.0. The number of hydrogen-bond donors (Lipinski definition) is 4. The summed E-state index contributed by atoms with van der Waals surface area (Å²) in [6.07, 6.45) is -4.96. The zero-order valence-electron chi connectivity index (χ0n) is 15.7. The maximum Gasteiger partial charge on any atom is 0.573 e. The largest absolute Gasteiger partial charge is 0.573 e. The monoisotopic (exact) mass is 432 g/mol. The van der Waals surface area contributed by atoms with Gasteiger partial charge in [-0.05, 0) is 24.3 Å². The number of fused-ring (bicyclic) bond motifs is 1. The molecule has 2 heterocycles. The van der Waals surface area contributed by atoms with Crippen LogP contribution in [0.4, 0.5) is 18.9 Å². The van der Waals surface area contributed by atoms with E-state index >= 15 is 0 Å². The van der Waals surface area contributed by atoms with Gasteiger partial charge in [0, 0.05) is 0 Å². The van der Waals surface area contributed by atoms with E-state index in [-0.39, 0.29) is 23.9 Å². The first kappa shape index (κ1) is 20.3. The second-order valence-electron chi connectivity index (χ2n) is 6.56. The molecule has 5 N–H and O–H groups in total. The van der Waals surface area contributed by atoms with E-state index in [1.807, 2.05) is 0 Å². The normalized spacial score (nSPS) is 18.6. The number of aromatic amines is 1. The van der Waals surface area contributed by atoms with Crippen molar-refractivity contribution in [1.29, 1.82) is 0 Å². The fourth-order valence-corrected chi connectivity index (χ4v) is 3.29. The smallest absolute Gasteiger partial charge is 0.404 e. The molecule has 3 aromatic rings. The lowest BCUT2D eigenvalue weighted by molar-refractivity contribution is -0.274. The second-order valence-corrected chi connectivity index (χ2v) is 6.56. The predicted molar refractivity (Wildman–Crippen MR) is 104 cm³/mol. The van der Waals surface area contributed by atoms with Gasteiger partial charge in [-0.3, -0.25) is 19.9 Å². The number of alkyl halides is 3. The van der Waals surface area contributed by atoms with Crippen molar-refractivity contribution in [3.8, 4) is 5.75 Å². The van der Waals surface area contributed by atoms with Gasteiger partial charge in [0.2, 0.25) is 5.54 Å². The molecule has 0 spiro atoms. The number of halogens is 3. The zero-order valence-corrected chi connectivity index (χ0v) is 15.7. The number of H-pyrrole nitrogens is 1. The van der Waals surface area contributed by atoms with Gasteiger partial charge in [0.15, 0.2) is 5.75 Å². The molecule has 2 amide bonds. The van der Waals surface area contributed by atoms with Crippen molar-refractivity contribution in [2.45, 2.75) is 11.9 Å². The van der Waals surface area contributed by atoms with Gasteiger partial charge in [-0.15, -0.1) is 13.2 Å². The van der Waals surface area contributed by atoms with E-state index < -0.39 is 29.5 Å². The second kappa shape index (κ2) is 7.40. The Labute approximate surface area is 172 Å². The summed E-state index contributed by atoms with van der Waals surface area (Å²) in [5.74, 6) is -2.49. The number of ether oxygens (including phenoxy) is 1. The van der Waals surface area contributed by atoms with Gasteiger partial charge >= 0.3 is 6.36 Å². The molecule has 0 aliphatic carbocycles. The van der Waals surface area contributed by atoms with Crippen LogP contribution >= 0.6 is 0 Å². The number of para-hydroxylation sites is 4. The average molecular weight is 432 g/mol. The van der Waals surface area contributed by atoms with Crippen molar-refractivity contribution in [3.63, 3.8) is 0 Å². The van der Waals surface area contributed by atoms with Crippen molar-refractivity contribution in [2.75, 3.05) is 12.0 Å². The summed E-state index contributed by atoms with van der Waals surface area (Å²) in [6, 6.07) is 11.9. The minimum absolute atomic E-state index is 0.0347. The van der Waals surface area contributed by atoms with E-state index in [2.05, 4.69) is 30.3 Å². The van der Waals surface area contributed by atoms with Crippen molar-refractivity contribution >= 4 is 34.2 Å². The SMILES string of the molecule is NC(=O)C1(c2nc3ccccc3[nH]2)NCN=C1C(=O)Nc1ccccc1OC(F)(F)F. The van der Waals surface area contributed by atoms with Crippen molar-refractivity contribution in [2.24, 2.45) is 10.7 Å². The molecule has 2 aromatic carbocycles. The molecule has 1 aliphatic heterocycles. The lowest BCUT2D eigenvalue weighted by atomic mass is 9.91. The number of carbonyl (C=O) groups is 2. The van der Waals surface area contributed by atoms with Crippen LogP contribution in [0, 0.1) is 0 Å². The molecule has 1 aromatic heterocycles. The molecule has 9 nitrogen and oxygen atoms in total. The van der Waals surface area contributed by atoms with Crippen LogP contribution in [0.2, 0.25) is 0 Å². The van der Waals surface area contributed by atoms with Crippen LogP contribution in [0.1, 0.15) is 5.82 Å². The zero-order chi connectivity index (χ0) is 22.2. The third-order valence-corrected chi connectivity index (χ3v) is 4.63. The molecular weight excluding hydrogens is 417 g/mol. The van der Waals surface area contributed by atoms with Crippen LogP contribution in [0.5, 0.6) is 5.75 Å². The Balaban J connectivity index is 1.70. The molecular formula is C19H15F3N6O3. The molecule has 12 heteroatoms. The number of anilines is 1. The molecule has 0 fully saturated rings. The van der Waals surface area contributed by atoms with Crippen LogP contribution < -0.4 is 21.1 Å². The molecule has 160 valence electrons. The maximum absolute atomic E-state index is 13.0. The Morgan fingerprint density at radius 1 is 1.13 bits per heavy atom. The third-order valence-electron chi connectivity index (χ3n) is 4.63. The Kier molecular flexibility index (Phi) is 4.85. The molecule has 0 radical (unpaired) electrons. The van der Waals surface area contributed by atoms with Gasteiger partial charge in [0.1, 0.15) is 11.5 Å². The summed E-state index contributed by atoms with van der Waals surface area (Å²) in [5, 5.41) is 5.08. The van der Waals surface area contributed by atoms with Crippen LogP contribution in [0.3, 0.4) is 0 Å². The van der Waals surface area contributed by atoms with Gasteiger partial charge in [0.25, 0.3) is 11.8 Å². The number of aliphatic imine (C=N–C) groups is 1. The summed E-state index contributed by atoms with van der Waals surface area (Å²) in [4.78, 5) is 36.8. The highest BCUT2D eigenvalue weighted by atomic mass is 19.4. The van der Waals surface area contributed by atoms with Crippen molar-refractivity contribution < 1.29 is 27.5 Å². The number of primary amides is 1. The number of rotatable bonds is 5.